The summed E-state index contributed by atoms with van der Waals surface area (Å²) in [5, 5.41) is 1.82. The molecule has 1 aromatic heterocycles. The number of pyridine rings is 1. The van der Waals surface area contributed by atoms with Crippen LogP contribution in [0, 0.1) is 0 Å². The second-order valence-corrected chi connectivity index (χ2v) is 8.43. The SMILES string of the molecule is CS.Nc1ccc(N2CCC(N3CCC(c4cc5ccccc5c(=O)[nH]4)C3)CC2)cc1. The number of nitrogens with one attached hydrogen (secondary N) is 1. The molecule has 2 aromatic carbocycles. The van der Waals surface area contributed by atoms with E-state index in [9.17, 15) is 4.79 Å². The van der Waals surface area contributed by atoms with Gasteiger partial charge in [0.2, 0.25) is 0 Å². The molecule has 2 aliphatic heterocycles. The number of H-pyrrole nitrogens is 1. The number of aromatic amines is 1. The number of fused-ring (bicyclic) bond motifs is 1. The van der Waals surface area contributed by atoms with Gasteiger partial charge in [-0.1, -0.05) is 18.2 Å². The van der Waals surface area contributed by atoms with Crippen LogP contribution in [0.5, 0.6) is 0 Å². The molecule has 5 rings (SSSR count). The fourth-order valence-corrected chi connectivity index (χ4v) is 5.00. The van der Waals surface area contributed by atoms with Crippen molar-refractivity contribution in [2.24, 2.45) is 0 Å². The molecule has 2 aliphatic rings. The molecule has 6 heteroatoms. The van der Waals surface area contributed by atoms with E-state index >= 15 is 0 Å². The van der Waals surface area contributed by atoms with E-state index < -0.39 is 0 Å². The minimum Gasteiger partial charge on any atom is -0.399 e. The van der Waals surface area contributed by atoms with Gasteiger partial charge in [-0.15, -0.1) is 0 Å². The summed E-state index contributed by atoms with van der Waals surface area (Å²) in [4.78, 5) is 20.7. The molecule has 1 atom stereocenters. The summed E-state index contributed by atoms with van der Waals surface area (Å²) in [5.74, 6) is 0.419. The lowest BCUT2D eigenvalue weighted by Crippen LogP contribution is -2.44. The van der Waals surface area contributed by atoms with Crippen LogP contribution in [-0.2, 0) is 0 Å². The Morgan fingerprint density at radius 3 is 2.42 bits per heavy atom. The molecule has 0 bridgehead atoms. The van der Waals surface area contributed by atoms with Crippen LogP contribution in [0.15, 0.2) is 59.4 Å². The van der Waals surface area contributed by atoms with Gasteiger partial charge in [-0.2, -0.15) is 12.6 Å². The van der Waals surface area contributed by atoms with Crippen LogP contribution in [0.1, 0.15) is 30.9 Å². The second kappa shape index (κ2) is 9.79. The first-order valence-electron chi connectivity index (χ1n) is 11.1. The number of hydrogen-bond acceptors (Lipinski definition) is 5. The van der Waals surface area contributed by atoms with E-state index in [-0.39, 0.29) is 5.56 Å². The molecule has 5 nitrogen and oxygen atoms in total. The summed E-state index contributed by atoms with van der Waals surface area (Å²) in [6.45, 7) is 4.33. The van der Waals surface area contributed by atoms with Crippen molar-refractivity contribution in [1.82, 2.24) is 9.88 Å². The van der Waals surface area contributed by atoms with Gasteiger partial charge < -0.3 is 15.6 Å². The summed E-state index contributed by atoms with van der Waals surface area (Å²) < 4.78 is 0. The molecule has 2 saturated heterocycles. The zero-order chi connectivity index (χ0) is 21.8. The quantitative estimate of drug-likeness (QED) is 0.427. The third-order valence-electron chi connectivity index (χ3n) is 6.67. The lowest BCUT2D eigenvalue weighted by Gasteiger charge is -2.38. The lowest BCUT2D eigenvalue weighted by atomic mass is 10.0. The first kappa shape index (κ1) is 21.8. The Kier molecular flexibility index (Phi) is 6.88. The number of hydrogen-bond donors (Lipinski definition) is 3. The standard InChI is InChI=1S/C24H28N4O.CH4S/c25-19-5-7-20(8-6-19)27-13-10-21(11-14-27)28-12-9-18(16-28)23-15-17-3-1-2-4-22(17)24(29)26-23;1-2/h1-8,15,18,21H,9-14,16,25H2,(H,26,29);2H,1H3. The van der Waals surface area contributed by atoms with Gasteiger partial charge in [-0.3, -0.25) is 9.69 Å². The molecule has 164 valence electrons. The van der Waals surface area contributed by atoms with E-state index in [0.29, 0.717) is 12.0 Å². The molecule has 3 N–H and O–H groups in total. The Balaban J connectivity index is 0.00000112. The summed E-state index contributed by atoms with van der Waals surface area (Å²) in [7, 11) is 0. The predicted octanol–water partition coefficient (Wildman–Crippen LogP) is 4.11. The van der Waals surface area contributed by atoms with Crippen LogP contribution < -0.4 is 16.2 Å². The number of benzene rings is 2. The number of aromatic nitrogens is 1. The number of anilines is 2. The molecule has 3 heterocycles. The van der Waals surface area contributed by atoms with Crippen LogP contribution in [0.4, 0.5) is 11.4 Å². The third kappa shape index (κ3) is 4.75. The lowest BCUT2D eigenvalue weighted by molar-refractivity contribution is 0.205. The van der Waals surface area contributed by atoms with E-state index in [0.717, 1.165) is 54.8 Å². The maximum absolute atomic E-state index is 12.4. The molecule has 0 radical (unpaired) electrons. The van der Waals surface area contributed by atoms with Gasteiger partial charge >= 0.3 is 0 Å². The summed E-state index contributed by atoms with van der Waals surface area (Å²) >= 11 is 3.53. The summed E-state index contributed by atoms with van der Waals surface area (Å²) in [5.41, 5.74) is 9.03. The smallest absolute Gasteiger partial charge is 0.256 e. The molecule has 2 fully saturated rings. The van der Waals surface area contributed by atoms with Crippen molar-refractivity contribution in [2.45, 2.75) is 31.2 Å². The highest BCUT2D eigenvalue weighted by Crippen LogP contribution is 2.31. The van der Waals surface area contributed by atoms with Crippen molar-refractivity contribution in [3.05, 3.63) is 70.6 Å². The van der Waals surface area contributed by atoms with Gasteiger partial charge in [0.05, 0.1) is 0 Å². The van der Waals surface area contributed by atoms with Crippen molar-refractivity contribution in [1.29, 1.82) is 0 Å². The van der Waals surface area contributed by atoms with Crippen molar-refractivity contribution < 1.29 is 0 Å². The largest absolute Gasteiger partial charge is 0.399 e. The number of nitrogens with zero attached hydrogens (tertiary/aromatic N) is 2. The van der Waals surface area contributed by atoms with E-state index in [1.807, 2.05) is 36.4 Å². The van der Waals surface area contributed by atoms with Crippen LogP contribution >= 0.6 is 12.6 Å². The maximum atomic E-state index is 12.4. The Hall–Kier alpha value is -2.44. The average molecular weight is 437 g/mol. The monoisotopic (exact) mass is 436 g/mol. The molecule has 0 amide bonds. The van der Waals surface area contributed by atoms with Crippen LogP contribution in [0.3, 0.4) is 0 Å². The fourth-order valence-electron chi connectivity index (χ4n) is 5.00. The normalized spacial score (nSPS) is 19.9. The van der Waals surface area contributed by atoms with Gasteiger partial charge in [-0.25, -0.2) is 0 Å². The molecule has 1 unspecified atom stereocenters. The number of thiol groups is 1. The third-order valence-corrected chi connectivity index (χ3v) is 6.67. The Bertz CT molecular complexity index is 1060. The van der Waals surface area contributed by atoms with E-state index in [2.05, 4.69) is 45.6 Å². The van der Waals surface area contributed by atoms with Crippen LogP contribution in [0.2, 0.25) is 0 Å². The highest BCUT2D eigenvalue weighted by Gasteiger charge is 2.32. The minimum atomic E-state index is 0.0355. The number of piperidine rings is 1. The molecule has 0 saturated carbocycles. The molecule has 0 spiro atoms. The van der Waals surface area contributed by atoms with Gasteiger partial charge in [0.1, 0.15) is 0 Å². The zero-order valence-electron chi connectivity index (χ0n) is 18.1. The minimum absolute atomic E-state index is 0.0355. The molecular formula is C25H32N4OS. The first-order valence-corrected chi connectivity index (χ1v) is 12.0. The second-order valence-electron chi connectivity index (χ2n) is 8.43. The summed E-state index contributed by atoms with van der Waals surface area (Å²) in [6, 6.07) is 18.9. The zero-order valence-corrected chi connectivity index (χ0v) is 19.0. The van der Waals surface area contributed by atoms with Gasteiger partial charge in [0.25, 0.3) is 5.56 Å². The molecule has 31 heavy (non-hydrogen) atoms. The average Bonchev–Trinajstić information content (AvgIpc) is 3.32. The van der Waals surface area contributed by atoms with Gasteiger partial charge in [0, 0.05) is 54.0 Å². The fraction of sp³-hybridized carbons (Fsp3) is 0.400. The maximum Gasteiger partial charge on any atom is 0.256 e. The van der Waals surface area contributed by atoms with Crippen molar-refractivity contribution >= 4 is 34.8 Å². The molecule has 0 aliphatic carbocycles. The molecular weight excluding hydrogens is 404 g/mol. The predicted molar refractivity (Wildman–Crippen MR) is 134 cm³/mol. The number of rotatable bonds is 3. The highest BCUT2D eigenvalue weighted by atomic mass is 32.1. The number of likely N-dealkylation sites (tertiary alicyclic amines) is 1. The first-order chi connectivity index (χ1) is 15.2. The van der Waals surface area contributed by atoms with Crippen molar-refractivity contribution in [3.63, 3.8) is 0 Å². The van der Waals surface area contributed by atoms with Gasteiger partial charge in [-0.05, 0) is 73.8 Å². The van der Waals surface area contributed by atoms with E-state index in [1.54, 1.807) is 6.26 Å². The summed E-state index contributed by atoms with van der Waals surface area (Å²) in [6.07, 6.45) is 5.18. The van der Waals surface area contributed by atoms with E-state index in [4.69, 9.17) is 5.73 Å². The Morgan fingerprint density at radius 2 is 1.68 bits per heavy atom. The van der Waals surface area contributed by atoms with Gasteiger partial charge in [0.15, 0.2) is 0 Å². The number of nitrogens with two attached hydrogens (primary N) is 1. The highest BCUT2D eigenvalue weighted by molar-refractivity contribution is 7.79. The topological polar surface area (TPSA) is 65.4 Å². The van der Waals surface area contributed by atoms with Crippen molar-refractivity contribution in [3.8, 4) is 0 Å². The van der Waals surface area contributed by atoms with E-state index in [1.165, 1.54) is 18.5 Å². The van der Waals surface area contributed by atoms with Crippen LogP contribution in [-0.4, -0.2) is 48.4 Å². The number of nitrogen functional groups attached to an aromatic ring is 1. The Morgan fingerprint density at radius 1 is 0.968 bits per heavy atom. The van der Waals surface area contributed by atoms with Crippen LogP contribution in [0.25, 0.3) is 10.8 Å². The molecule has 3 aromatic rings. The van der Waals surface area contributed by atoms with Crippen molar-refractivity contribution in [2.75, 3.05) is 43.1 Å². The Labute approximate surface area is 189 Å².